The van der Waals surface area contributed by atoms with Gasteiger partial charge in [-0.2, -0.15) is 0 Å². The van der Waals surface area contributed by atoms with E-state index in [0.29, 0.717) is 24.2 Å². The molecule has 2 aromatic rings. The van der Waals surface area contributed by atoms with Crippen molar-refractivity contribution < 1.29 is 14.3 Å². The van der Waals surface area contributed by atoms with E-state index in [4.69, 9.17) is 11.6 Å². The quantitative estimate of drug-likeness (QED) is 0.612. The first-order chi connectivity index (χ1) is 13.8. The lowest BCUT2D eigenvalue weighted by atomic mass is 9.60. The number of aliphatic imine (C=N–C) groups is 1. The summed E-state index contributed by atoms with van der Waals surface area (Å²) in [5.41, 5.74) is 0.915. The maximum Gasteiger partial charge on any atom is 0.257 e. The molecule has 1 heterocycles. The number of halogens is 2. The number of nitrogens with zero attached hydrogens (tertiary/aromatic N) is 3. The molecule has 4 rings (SSSR count). The van der Waals surface area contributed by atoms with E-state index in [1.807, 2.05) is 31.3 Å². The van der Waals surface area contributed by atoms with Gasteiger partial charge in [0.1, 0.15) is 17.4 Å². The highest BCUT2D eigenvalue weighted by Gasteiger charge is 2.55. The van der Waals surface area contributed by atoms with Crippen molar-refractivity contribution >= 4 is 23.3 Å². The zero-order valence-corrected chi connectivity index (χ0v) is 17.2. The third-order valence-electron chi connectivity index (χ3n) is 6.07. The average molecular weight is 416 g/mol. The van der Waals surface area contributed by atoms with E-state index in [-0.39, 0.29) is 22.6 Å². The van der Waals surface area contributed by atoms with Crippen LogP contribution in [-0.2, 0) is 0 Å². The lowest BCUT2D eigenvalue weighted by Crippen LogP contribution is -2.67. The maximum atomic E-state index is 13.9. The maximum absolute atomic E-state index is 13.9. The number of hydrogen-bond donors (Lipinski definition) is 1. The zero-order valence-electron chi connectivity index (χ0n) is 16.4. The van der Waals surface area contributed by atoms with Crippen molar-refractivity contribution in [1.82, 2.24) is 9.80 Å². The molecule has 0 radical (unpaired) electrons. The monoisotopic (exact) mass is 415 g/mol. The Morgan fingerprint density at radius 3 is 2.59 bits per heavy atom. The lowest BCUT2D eigenvalue weighted by Gasteiger charge is -2.60. The highest BCUT2D eigenvalue weighted by molar-refractivity contribution is 6.34. The number of carbonyl (C=O) groups is 1. The summed E-state index contributed by atoms with van der Waals surface area (Å²) in [5.74, 6) is -0.234. The molecule has 1 N–H and O–H groups in total. The number of phenolic OH excluding ortho intramolecular Hbond substituents is 1. The van der Waals surface area contributed by atoms with Crippen LogP contribution in [0.1, 0.15) is 28.8 Å². The molecule has 1 saturated heterocycles. The molecule has 1 amide bonds. The van der Waals surface area contributed by atoms with Gasteiger partial charge in [-0.25, -0.2) is 4.39 Å². The van der Waals surface area contributed by atoms with Gasteiger partial charge < -0.3 is 14.9 Å². The molecule has 5 nitrogen and oxygen atoms in total. The summed E-state index contributed by atoms with van der Waals surface area (Å²) in [5, 5.41) is 10.2. The van der Waals surface area contributed by atoms with Crippen molar-refractivity contribution in [3.63, 3.8) is 0 Å². The molecule has 2 aliphatic rings. The van der Waals surface area contributed by atoms with Gasteiger partial charge in [0.15, 0.2) is 0 Å². The van der Waals surface area contributed by atoms with Gasteiger partial charge in [-0.15, -0.1) is 0 Å². The summed E-state index contributed by atoms with van der Waals surface area (Å²) in [6.07, 6.45) is 1.89. The fourth-order valence-corrected chi connectivity index (χ4v) is 4.73. The van der Waals surface area contributed by atoms with Crippen LogP contribution in [0.3, 0.4) is 0 Å². The third-order valence-corrected chi connectivity index (χ3v) is 6.40. The van der Waals surface area contributed by atoms with Crippen LogP contribution in [0.5, 0.6) is 5.75 Å². The molecule has 1 aliphatic carbocycles. The number of benzene rings is 2. The number of carbonyl (C=O) groups excluding carboxylic acids is 1. The van der Waals surface area contributed by atoms with Crippen molar-refractivity contribution in [2.45, 2.75) is 18.9 Å². The first-order valence-electron chi connectivity index (χ1n) is 9.56. The summed E-state index contributed by atoms with van der Waals surface area (Å²) < 4.78 is 13.9. The molecule has 0 bridgehead atoms. The molecule has 7 heteroatoms. The third kappa shape index (κ3) is 3.46. The Kier molecular flexibility index (Phi) is 4.99. The first kappa shape index (κ1) is 19.7. The van der Waals surface area contributed by atoms with E-state index in [9.17, 15) is 14.3 Å². The molecule has 0 aromatic heterocycles. The first-order valence-corrected chi connectivity index (χ1v) is 9.94. The van der Waals surface area contributed by atoms with Crippen LogP contribution in [0.2, 0.25) is 5.02 Å². The van der Waals surface area contributed by atoms with E-state index >= 15 is 0 Å². The molecule has 0 unspecified atom stereocenters. The molecule has 1 saturated carbocycles. The lowest BCUT2D eigenvalue weighted by molar-refractivity contribution is -0.0763. The van der Waals surface area contributed by atoms with Crippen molar-refractivity contribution in [2.24, 2.45) is 10.4 Å². The SMILES string of the molecule is CN=C(c1ccccc1Cl)N(C)C1CC2(C1)CN(C(=O)c1cc(O)ccc1F)C2. The molecule has 0 atom stereocenters. The summed E-state index contributed by atoms with van der Waals surface area (Å²) in [4.78, 5) is 20.8. The Morgan fingerprint density at radius 1 is 1.24 bits per heavy atom. The molecular formula is C22H23ClFN3O2. The number of amidine groups is 1. The number of rotatable bonds is 3. The van der Waals surface area contributed by atoms with E-state index in [0.717, 1.165) is 30.3 Å². The molecule has 1 spiro atoms. The minimum Gasteiger partial charge on any atom is -0.508 e. The predicted molar refractivity (Wildman–Crippen MR) is 111 cm³/mol. The second-order valence-corrected chi connectivity index (χ2v) is 8.43. The highest BCUT2D eigenvalue weighted by atomic mass is 35.5. The summed E-state index contributed by atoms with van der Waals surface area (Å²) in [6.45, 7) is 1.21. The average Bonchev–Trinajstić information content (AvgIpc) is 2.63. The van der Waals surface area contributed by atoms with Gasteiger partial charge in [0.25, 0.3) is 5.91 Å². The standard InChI is InChI=1S/C22H23ClFN3O2/c1-25-20(16-5-3-4-6-18(16)23)26(2)14-10-22(11-14)12-27(13-22)21(29)17-9-15(28)7-8-19(17)24/h3-9,14,28H,10-13H2,1-2H3. The Balaban J connectivity index is 1.38. The minimum absolute atomic E-state index is 0.0769. The number of amides is 1. The van der Waals surface area contributed by atoms with Crippen molar-refractivity contribution in [1.29, 1.82) is 0 Å². The Hall–Kier alpha value is -2.60. The number of likely N-dealkylation sites (tertiary alicyclic amines) is 1. The van der Waals surface area contributed by atoms with E-state index in [1.54, 1.807) is 11.9 Å². The number of aromatic hydroxyl groups is 1. The second kappa shape index (κ2) is 7.34. The fourth-order valence-electron chi connectivity index (χ4n) is 4.51. The Labute approximate surface area is 174 Å². The van der Waals surface area contributed by atoms with Crippen LogP contribution in [0.25, 0.3) is 0 Å². The summed E-state index contributed by atoms with van der Waals surface area (Å²) in [7, 11) is 3.78. The smallest absolute Gasteiger partial charge is 0.257 e. The summed E-state index contributed by atoms with van der Waals surface area (Å²) in [6, 6.07) is 11.5. The molecule has 29 heavy (non-hydrogen) atoms. The topological polar surface area (TPSA) is 56.1 Å². The number of hydrogen-bond acceptors (Lipinski definition) is 3. The molecule has 1 aliphatic heterocycles. The molecule has 2 fully saturated rings. The van der Waals surface area contributed by atoms with Gasteiger partial charge in [0, 0.05) is 44.2 Å². The fraction of sp³-hybridized carbons (Fsp3) is 0.364. The Bertz CT molecular complexity index is 980. The van der Waals surface area contributed by atoms with Crippen molar-refractivity contribution in [3.05, 3.63) is 64.4 Å². The van der Waals surface area contributed by atoms with Gasteiger partial charge in [0.2, 0.25) is 0 Å². The van der Waals surface area contributed by atoms with Gasteiger partial charge >= 0.3 is 0 Å². The van der Waals surface area contributed by atoms with Crippen LogP contribution < -0.4 is 0 Å². The van der Waals surface area contributed by atoms with E-state index in [2.05, 4.69) is 9.89 Å². The van der Waals surface area contributed by atoms with Crippen LogP contribution >= 0.6 is 11.6 Å². The van der Waals surface area contributed by atoms with Crippen LogP contribution in [0.4, 0.5) is 4.39 Å². The number of phenols is 1. The van der Waals surface area contributed by atoms with E-state index < -0.39 is 5.82 Å². The highest BCUT2D eigenvalue weighted by Crippen LogP contribution is 2.50. The molecule has 152 valence electrons. The largest absolute Gasteiger partial charge is 0.508 e. The Morgan fingerprint density at radius 2 is 1.93 bits per heavy atom. The van der Waals surface area contributed by atoms with E-state index in [1.165, 1.54) is 12.1 Å². The van der Waals surface area contributed by atoms with Crippen molar-refractivity contribution in [2.75, 3.05) is 27.2 Å². The van der Waals surface area contributed by atoms with Crippen molar-refractivity contribution in [3.8, 4) is 5.75 Å². The van der Waals surface area contributed by atoms with Gasteiger partial charge in [-0.3, -0.25) is 9.79 Å². The van der Waals surface area contributed by atoms with Crippen LogP contribution in [0, 0.1) is 11.2 Å². The van der Waals surface area contributed by atoms with Gasteiger partial charge in [-0.05, 0) is 43.2 Å². The zero-order chi connectivity index (χ0) is 20.8. The predicted octanol–water partition coefficient (Wildman–Crippen LogP) is 3.80. The summed E-state index contributed by atoms with van der Waals surface area (Å²) >= 11 is 6.34. The molecule has 2 aromatic carbocycles. The van der Waals surface area contributed by atoms with Gasteiger partial charge in [-0.1, -0.05) is 23.7 Å². The van der Waals surface area contributed by atoms with Crippen LogP contribution in [-0.4, -0.2) is 59.9 Å². The second-order valence-electron chi connectivity index (χ2n) is 8.03. The minimum atomic E-state index is -0.608. The van der Waals surface area contributed by atoms with Crippen LogP contribution in [0.15, 0.2) is 47.5 Å². The molecular weight excluding hydrogens is 393 g/mol. The van der Waals surface area contributed by atoms with Gasteiger partial charge in [0.05, 0.1) is 10.6 Å². The normalized spacial score (nSPS) is 18.3.